The molecular weight excluding hydrogens is 614 g/mol. The summed E-state index contributed by atoms with van der Waals surface area (Å²) in [4.78, 5) is 32.2. The second-order valence-corrected chi connectivity index (χ2v) is 12.3. The number of hydrogen-bond acceptors (Lipinski definition) is 6. The number of aromatic nitrogens is 1. The lowest BCUT2D eigenvalue weighted by atomic mass is 9.96. The smallest absolute Gasteiger partial charge is 0.264 e. The Kier molecular flexibility index (Phi) is 9.36. The van der Waals surface area contributed by atoms with Crippen molar-refractivity contribution in [2.45, 2.75) is 45.6 Å². The van der Waals surface area contributed by atoms with Crippen LogP contribution in [0.25, 0.3) is 11.3 Å². The largest absolute Gasteiger partial charge is 0.508 e. The summed E-state index contributed by atoms with van der Waals surface area (Å²) in [5.74, 6) is 6.20. The number of nitrogens with two attached hydrogens (primary N) is 1. The molecule has 47 heavy (non-hydrogen) atoms. The Labute approximate surface area is 279 Å². The Bertz CT molecular complexity index is 1880. The van der Waals surface area contributed by atoms with Crippen molar-refractivity contribution >= 4 is 35.3 Å². The predicted molar refractivity (Wildman–Crippen MR) is 185 cm³/mol. The average Bonchev–Trinajstić information content (AvgIpc) is 3.37. The first-order valence-electron chi connectivity index (χ1n) is 15.8. The number of allylic oxidation sites excluding steroid dienone is 2. The first kappa shape index (κ1) is 31.9. The predicted octanol–water partition coefficient (Wildman–Crippen LogP) is 6.99. The van der Waals surface area contributed by atoms with Crippen molar-refractivity contribution in [3.63, 3.8) is 0 Å². The summed E-state index contributed by atoms with van der Waals surface area (Å²) in [5.41, 5.74) is 6.25. The van der Waals surface area contributed by atoms with E-state index in [4.69, 9.17) is 22.2 Å². The minimum Gasteiger partial charge on any atom is -0.508 e. The van der Waals surface area contributed by atoms with E-state index in [2.05, 4.69) is 11.2 Å². The maximum absolute atomic E-state index is 14.6. The van der Waals surface area contributed by atoms with Crippen LogP contribution in [0, 0.1) is 6.92 Å². The summed E-state index contributed by atoms with van der Waals surface area (Å²) < 4.78 is 8.15. The van der Waals surface area contributed by atoms with E-state index in [1.54, 1.807) is 35.2 Å². The van der Waals surface area contributed by atoms with Crippen LogP contribution in [0.3, 0.4) is 0 Å². The zero-order valence-electron chi connectivity index (χ0n) is 26.6. The van der Waals surface area contributed by atoms with Gasteiger partial charge in [-0.3, -0.25) is 14.5 Å². The van der Waals surface area contributed by atoms with E-state index in [1.807, 2.05) is 47.7 Å². The number of amides is 2. The van der Waals surface area contributed by atoms with Crippen molar-refractivity contribution in [1.29, 1.82) is 0 Å². The van der Waals surface area contributed by atoms with Gasteiger partial charge in [-0.15, -0.1) is 0 Å². The first-order chi connectivity index (χ1) is 22.8. The van der Waals surface area contributed by atoms with Gasteiger partial charge >= 0.3 is 0 Å². The topological polar surface area (TPSA) is 113 Å². The molecule has 0 fully saturated rings. The number of phenolic OH excluding ortho intramolecular Hbond substituents is 1. The van der Waals surface area contributed by atoms with Gasteiger partial charge in [0, 0.05) is 58.9 Å². The molecule has 10 heteroatoms. The fraction of sp³-hybridized carbons (Fsp3) is 0.270. The quantitative estimate of drug-likeness (QED) is 0.138. The summed E-state index contributed by atoms with van der Waals surface area (Å²) in [5, 5.41) is 14.3. The van der Waals surface area contributed by atoms with E-state index in [9.17, 15) is 14.7 Å². The molecule has 3 aromatic carbocycles. The maximum Gasteiger partial charge on any atom is 0.264 e. The van der Waals surface area contributed by atoms with E-state index in [-0.39, 0.29) is 17.6 Å². The van der Waals surface area contributed by atoms with Crippen molar-refractivity contribution < 1.29 is 19.4 Å². The molecule has 0 saturated carbocycles. The molecule has 3 aliphatic heterocycles. The van der Waals surface area contributed by atoms with Gasteiger partial charge in [0.05, 0.1) is 24.1 Å². The first-order valence-corrected chi connectivity index (χ1v) is 16.2. The van der Waals surface area contributed by atoms with Gasteiger partial charge in [0.1, 0.15) is 11.5 Å². The highest BCUT2D eigenvalue weighted by Crippen LogP contribution is 2.35. The molecule has 4 heterocycles. The SMILES string of the molecule is Cc1c2cc(n1C)-c1cc(Cl)ccc1C(=O)N1CCc3c(cccc3OCCCCC/C=C(\C=N/N)N(c3ccc(O)cc3)C2=O)C1. The number of hydrazone groups is 1. The Morgan fingerprint density at radius 1 is 0.957 bits per heavy atom. The van der Waals surface area contributed by atoms with Gasteiger partial charge in [0.25, 0.3) is 11.8 Å². The number of aromatic hydroxyl groups is 1. The van der Waals surface area contributed by atoms with Crippen molar-refractivity contribution in [3.8, 4) is 22.8 Å². The molecule has 0 atom stereocenters. The third kappa shape index (κ3) is 6.49. The van der Waals surface area contributed by atoms with E-state index in [1.165, 1.54) is 18.3 Å². The Morgan fingerprint density at radius 3 is 2.55 bits per heavy atom. The zero-order valence-corrected chi connectivity index (χ0v) is 27.3. The molecule has 6 bridgehead atoms. The molecule has 0 saturated heterocycles. The number of nitrogens with zero attached hydrogens (tertiary/aromatic N) is 4. The maximum atomic E-state index is 14.6. The van der Waals surface area contributed by atoms with E-state index < -0.39 is 0 Å². The number of phenols is 1. The molecule has 0 spiro atoms. The summed E-state index contributed by atoms with van der Waals surface area (Å²) >= 11 is 6.53. The molecule has 242 valence electrons. The third-order valence-corrected chi connectivity index (χ3v) is 9.23. The molecule has 1 aromatic heterocycles. The van der Waals surface area contributed by atoms with E-state index in [0.29, 0.717) is 77.0 Å². The number of anilines is 1. The Hall–Kier alpha value is -5.02. The monoisotopic (exact) mass is 651 g/mol. The van der Waals surface area contributed by atoms with Gasteiger partial charge in [-0.1, -0.05) is 29.8 Å². The normalized spacial score (nSPS) is 17.2. The van der Waals surface area contributed by atoms with E-state index in [0.717, 1.165) is 36.1 Å². The standard InChI is InChI=1S/C37H38ClN5O4/c1-24-32-21-34(41(24)2)33-20-26(38)11-16-31(33)36(45)42-18-17-30-25(23-42)8-7-10-35(30)47-19-6-4-3-5-9-28(22-40-39)43(37(32)46)27-12-14-29(44)15-13-27/h7-16,20-22,44H,3-6,17-19,23,39H2,1-2H3/b28-9+,40-22-. The molecule has 0 unspecified atom stereocenters. The number of carbonyl (C=O) groups is 2. The van der Waals surface area contributed by atoms with Crippen LogP contribution in [-0.4, -0.2) is 45.8 Å². The number of ether oxygens (including phenoxy) is 1. The summed E-state index contributed by atoms with van der Waals surface area (Å²) in [6, 6.07) is 19.5. The molecule has 4 aromatic rings. The lowest BCUT2D eigenvalue weighted by Gasteiger charge is -2.30. The number of rotatable bonds is 2. The number of halogens is 1. The number of fused-ring (bicyclic) bond motifs is 9. The van der Waals surface area contributed by atoms with Crippen LogP contribution in [0.1, 0.15) is 63.2 Å². The molecular formula is C37H38ClN5O4. The minimum absolute atomic E-state index is 0.0817. The van der Waals surface area contributed by atoms with Gasteiger partial charge in [0.15, 0.2) is 0 Å². The number of benzene rings is 3. The fourth-order valence-corrected chi connectivity index (χ4v) is 6.55. The number of hydrogen-bond donors (Lipinski definition) is 2. The molecule has 9 nitrogen and oxygen atoms in total. The van der Waals surface area contributed by atoms with Crippen molar-refractivity contribution in [3.05, 3.63) is 111 Å². The van der Waals surface area contributed by atoms with E-state index >= 15 is 0 Å². The van der Waals surface area contributed by atoms with Crippen LogP contribution in [0.4, 0.5) is 5.69 Å². The highest BCUT2D eigenvalue weighted by molar-refractivity contribution is 6.31. The molecule has 0 aliphatic carbocycles. The van der Waals surface area contributed by atoms with Gasteiger partial charge in [-0.05, 0) is 99.2 Å². The van der Waals surface area contributed by atoms with Crippen LogP contribution >= 0.6 is 11.6 Å². The third-order valence-electron chi connectivity index (χ3n) is 9.00. The zero-order chi connectivity index (χ0) is 33.1. The van der Waals surface area contributed by atoms with Crippen molar-refractivity contribution in [2.75, 3.05) is 18.1 Å². The van der Waals surface area contributed by atoms with Gasteiger partial charge in [-0.25, -0.2) is 0 Å². The van der Waals surface area contributed by atoms with Crippen LogP contribution in [0.2, 0.25) is 5.02 Å². The lowest BCUT2D eigenvalue weighted by Crippen LogP contribution is -2.36. The Balaban J connectivity index is 1.49. The summed E-state index contributed by atoms with van der Waals surface area (Å²) in [6.07, 6.45) is 7.48. The van der Waals surface area contributed by atoms with Crippen LogP contribution in [0.5, 0.6) is 11.5 Å². The minimum atomic E-state index is -0.307. The molecule has 0 radical (unpaired) electrons. The molecule has 3 aliphatic rings. The lowest BCUT2D eigenvalue weighted by molar-refractivity contribution is 0.0734. The van der Waals surface area contributed by atoms with Crippen molar-refractivity contribution in [1.82, 2.24) is 9.47 Å². The second kappa shape index (κ2) is 13.8. The summed E-state index contributed by atoms with van der Waals surface area (Å²) in [6.45, 7) is 3.49. The Morgan fingerprint density at radius 2 is 1.77 bits per heavy atom. The van der Waals surface area contributed by atoms with Gasteiger partial charge in [-0.2, -0.15) is 5.10 Å². The van der Waals surface area contributed by atoms with Crippen LogP contribution in [-0.2, 0) is 20.0 Å². The van der Waals surface area contributed by atoms with Gasteiger partial charge in [0.2, 0.25) is 0 Å². The molecule has 3 N–H and O–H groups in total. The van der Waals surface area contributed by atoms with Crippen molar-refractivity contribution in [2.24, 2.45) is 18.0 Å². The van der Waals surface area contributed by atoms with Crippen LogP contribution < -0.4 is 15.5 Å². The highest BCUT2D eigenvalue weighted by Gasteiger charge is 2.29. The van der Waals surface area contributed by atoms with Crippen LogP contribution in [0.15, 0.2) is 83.6 Å². The molecule has 2 amide bonds. The fourth-order valence-electron chi connectivity index (χ4n) is 6.38. The van der Waals surface area contributed by atoms with Gasteiger partial charge < -0.3 is 25.2 Å². The number of carbonyl (C=O) groups excluding carboxylic acids is 2. The highest BCUT2D eigenvalue weighted by atomic mass is 35.5. The summed E-state index contributed by atoms with van der Waals surface area (Å²) in [7, 11) is 1.87. The second-order valence-electron chi connectivity index (χ2n) is 11.9. The molecule has 7 rings (SSSR count). The average molecular weight is 652 g/mol.